The molecule has 0 aromatic heterocycles. The first-order valence-electron chi connectivity index (χ1n) is 11.4. The molecule has 0 bridgehead atoms. The third-order valence-electron chi connectivity index (χ3n) is 6.55. The number of para-hydroxylation sites is 2. The fourth-order valence-corrected chi connectivity index (χ4v) is 7.26. The van der Waals surface area contributed by atoms with Gasteiger partial charge in [-0.3, -0.25) is 4.90 Å². The second-order valence-corrected chi connectivity index (χ2v) is 12.9. The van der Waals surface area contributed by atoms with Gasteiger partial charge in [0.25, 0.3) is 10.0 Å². The van der Waals surface area contributed by atoms with E-state index < -0.39 is 20.0 Å². The molecule has 3 aromatic rings. The SMILES string of the molecule is CN(C)S(=O)(=O)c1ccc(S(=O)(=O)N2c3ccccc3N3CCN(Cc4ccccc4)CC32)cc1. The summed E-state index contributed by atoms with van der Waals surface area (Å²) in [7, 11) is -4.71. The lowest BCUT2D eigenvalue weighted by Crippen LogP contribution is -2.58. The monoisotopic (exact) mass is 512 g/mol. The molecule has 0 aliphatic carbocycles. The van der Waals surface area contributed by atoms with Gasteiger partial charge in [0.1, 0.15) is 6.17 Å². The molecular formula is C25H28N4O4S2. The standard InChI is InChI=1S/C25H28N4O4S2/c1-26(2)34(30,31)21-12-14-22(15-13-21)35(32,33)29-24-11-7-6-10-23(24)28-17-16-27(19-25(28)29)18-20-8-4-3-5-9-20/h3-15,25H,16-19H2,1-2H3. The highest BCUT2D eigenvalue weighted by Crippen LogP contribution is 2.44. The van der Waals surface area contributed by atoms with Crippen molar-refractivity contribution in [2.24, 2.45) is 0 Å². The van der Waals surface area contributed by atoms with Gasteiger partial charge in [0, 0.05) is 40.3 Å². The molecule has 8 nitrogen and oxygen atoms in total. The van der Waals surface area contributed by atoms with E-state index in [1.54, 1.807) is 0 Å². The van der Waals surface area contributed by atoms with Gasteiger partial charge >= 0.3 is 0 Å². The smallest absolute Gasteiger partial charge is 0.266 e. The lowest BCUT2D eigenvalue weighted by molar-refractivity contribution is 0.222. The molecule has 0 saturated carbocycles. The van der Waals surface area contributed by atoms with E-state index in [2.05, 4.69) is 21.9 Å². The summed E-state index contributed by atoms with van der Waals surface area (Å²) in [6.45, 7) is 2.83. The summed E-state index contributed by atoms with van der Waals surface area (Å²) in [6.07, 6.45) is -0.389. The Morgan fingerprint density at radius 1 is 0.771 bits per heavy atom. The maximum atomic E-state index is 13.9. The highest BCUT2D eigenvalue weighted by atomic mass is 32.2. The van der Waals surface area contributed by atoms with Crippen molar-refractivity contribution in [2.45, 2.75) is 22.5 Å². The number of hydrogen-bond donors (Lipinski definition) is 0. The first kappa shape index (κ1) is 23.8. The van der Waals surface area contributed by atoms with Gasteiger partial charge < -0.3 is 4.90 Å². The van der Waals surface area contributed by atoms with Gasteiger partial charge in [0.05, 0.1) is 21.2 Å². The second kappa shape index (κ2) is 8.94. The number of rotatable bonds is 6. The predicted molar refractivity (Wildman–Crippen MR) is 136 cm³/mol. The van der Waals surface area contributed by atoms with Crippen LogP contribution in [0.5, 0.6) is 0 Å². The van der Waals surface area contributed by atoms with Crippen LogP contribution in [-0.2, 0) is 26.6 Å². The average Bonchev–Trinajstić information content (AvgIpc) is 3.19. The molecule has 1 atom stereocenters. The molecule has 0 amide bonds. The van der Waals surface area contributed by atoms with E-state index in [0.717, 1.165) is 23.1 Å². The molecule has 1 unspecified atom stereocenters. The van der Waals surface area contributed by atoms with Gasteiger partial charge in [0.2, 0.25) is 10.0 Å². The van der Waals surface area contributed by atoms with E-state index in [0.29, 0.717) is 18.8 Å². The van der Waals surface area contributed by atoms with E-state index in [1.807, 2.05) is 42.5 Å². The number of anilines is 2. The van der Waals surface area contributed by atoms with E-state index in [1.165, 1.54) is 48.2 Å². The molecule has 5 rings (SSSR count). The van der Waals surface area contributed by atoms with Gasteiger partial charge in [-0.2, -0.15) is 0 Å². The van der Waals surface area contributed by atoms with Crippen molar-refractivity contribution in [2.75, 3.05) is 42.9 Å². The van der Waals surface area contributed by atoms with Crippen LogP contribution in [-0.4, -0.2) is 65.9 Å². The molecule has 35 heavy (non-hydrogen) atoms. The summed E-state index contributed by atoms with van der Waals surface area (Å²) < 4.78 is 55.3. The Morgan fingerprint density at radius 2 is 1.37 bits per heavy atom. The minimum Gasteiger partial charge on any atom is -0.346 e. The number of piperazine rings is 1. The van der Waals surface area contributed by atoms with Crippen molar-refractivity contribution < 1.29 is 16.8 Å². The quantitative estimate of drug-likeness (QED) is 0.505. The molecule has 1 fully saturated rings. The second-order valence-electron chi connectivity index (χ2n) is 8.94. The van der Waals surface area contributed by atoms with Crippen molar-refractivity contribution in [3.05, 3.63) is 84.4 Å². The van der Waals surface area contributed by atoms with Crippen LogP contribution in [0.25, 0.3) is 0 Å². The van der Waals surface area contributed by atoms with Gasteiger partial charge in [-0.25, -0.2) is 25.4 Å². The van der Waals surface area contributed by atoms with Crippen LogP contribution in [0.2, 0.25) is 0 Å². The Hall–Kier alpha value is -2.92. The third-order valence-corrected chi connectivity index (χ3v) is 10.2. The molecule has 3 aromatic carbocycles. The maximum absolute atomic E-state index is 13.9. The minimum absolute atomic E-state index is 0.0524. The van der Waals surface area contributed by atoms with E-state index in [4.69, 9.17) is 0 Å². The first-order chi connectivity index (χ1) is 16.7. The van der Waals surface area contributed by atoms with Crippen molar-refractivity contribution in [3.8, 4) is 0 Å². The maximum Gasteiger partial charge on any atom is 0.266 e. The topological polar surface area (TPSA) is 81.2 Å². The van der Waals surface area contributed by atoms with Crippen LogP contribution < -0.4 is 9.21 Å². The van der Waals surface area contributed by atoms with E-state index >= 15 is 0 Å². The van der Waals surface area contributed by atoms with E-state index in [9.17, 15) is 16.8 Å². The van der Waals surface area contributed by atoms with E-state index in [-0.39, 0.29) is 16.0 Å². The van der Waals surface area contributed by atoms with Crippen LogP contribution in [0.15, 0.2) is 88.7 Å². The summed E-state index contributed by atoms with van der Waals surface area (Å²) in [6, 6.07) is 23.2. The van der Waals surface area contributed by atoms with Crippen LogP contribution in [0.1, 0.15) is 5.56 Å². The minimum atomic E-state index is -3.94. The highest BCUT2D eigenvalue weighted by molar-refractivity contribution is 7.93. The Bertz CT molecular complexity index is 1430. The van der Waals surface area contributed by atoms with Crippen molar-refractivity contribution in [1.82, 2.24) is 9.21 Å². The molecule has 10 heteroatoms. The Kier molecular flexibility index (Phi) is 6.08. The zero-order valence-corrected chi connectivity index (χ0v) is 21.3. The number of fused-ring (bicyclic) bond motifs is 3. The molecular weight excluding hydrogens is 484 g/mol. The van der Waals surface area contributed by atoms with Gasteiger partial charge in [-0.05, 0) is 42.0 Å². The van der Waals surface area contributed by atoms with Crippen molar-refractivity contribution >= 4 is 31.4 Å². The fourth-order valence-electron chi connectivity index (χ4n) is 4.74. The third kappa shape index (κ3) is 4.20. The first-order valence-corrected chi connectivity index (χ1v) is 14.3. The van der Waals surface area contributed by atoms with Gasteiger partial charge in [0.15, 0.2) is 0 Å². The summed E-state index contributed by atoms with van der Waals surface area (Å²) in [5.74, 6) is 0. The lowest BCUT2D eigenvalue weighted by Gasteiger charge is -2.41. The van der Waals surface area contributed by atoms with Crippen LogP contribution in [0, 0.1) is 0 Å². The number of hydrogen-bond acceptors (Lipinski definition) is 6. The van der Waals surface area contributed by atoms with Crippen molar-refractivity contribution in [3.63, 3.8) is 0 Å². The van der Waals surface area contributed by atoms with Crippen LogP contribution >= 0.6 is 0 Å². The summed E-state index contributed by atoms with van der Waals surface area (Å²) >= 11 is 0. The molecule has 0 radical (unpaired) electrons. The zero-order chi connectivity index (χ0) is 24.8. The summed E-state index contributed by atoms with van der Waals surface area (Å²) in [5.41, 5.74) is 2.72. The molecule has 0 spiro atoms. The largest absolute Gasteiger partial charge is 0.346 e. The normalized spacial score (nSPS) is 18.5. The molecule has 2 aliphatic heterocycles. The predicted octanol–water partition coefficient (Wildman–Crippen LogP) is 2.79. The molecule has 1 saturated heterocycles. The Labute approximate surface area is 207 Å². The number of nitrogens with zero attached hydrogens (tertiary/aromatic N) is 4. The summed E-state index contributed by atoms with van der Waals surface area (Å²) in [5, 5.41) is 0. The molecule has 2 aliphatic rings. The Morgan fingerprint density at radius 3 is 2.03 bits per heavy atom. The molecule has 0 N–H and O–H groups in total. The fraction of sp³-hybridized carbons (Fsp3) is 0.280. The summed E-state index contributed by atoms with van der Waals surface area (Å²) in [4.78, 5) is 4.54. The highest BCUT2D eigenvalue weighted by Gasteiger charge is 2.45. The number of sulfonamides is 2. The average molecular weight is 513 g/mol. The molecule has 2 heterocycles. The Balaban J connectivity index is 1.49. The number of benzene rings is 3. The van der Waals surface area contributed by atoms with Crippen LogP contribution in [0.4, 0.5) is 11.4 Å². The lowest BCUT2D eigenvalue weighted by atomic mass is 10.2. The molecule has 184 valence electrons. The van der Waals surface area contributed by atoms with Gasteiger partial charge in [-0.15, -0.1) is 0 Å². The zero-order valence-electron chi connectivity index (χ0n) is 19.6. The van der Waals surface area contributed by atoms with Crippen LogP contribution in [0.3, 0.4) is 0 Å². The van der Waals surface area contributed by atoms with Crippen molar-refractivity contribution in [1.29, 1.82) is 0 Å². The van der Waals surface area contributed by atoms with Gasteiger partial charge in [-0.1, -0.05) is 42.5 Å².